The predicted octanol–water partition coefficient (Wildman–Crippen LogP) is 7.21. The Morgan fingerprint density at radius 2 is 1.91 bits per heavy atom. The molecule has 35 heavy (non-hydrogen) atoms. The maximum Gasteiger partial charge on any atom is 0.159 e. The van der Waals surface area contributed by atoms with E-state index in [0.29, 0.717) is 18.1 Å². The minimum absolute atomic E-state index is 0.0491. The Balaban J connectivity index is 1.48. The van der Waals surface area contributed by atoms with Gasteiger partial charge in [-0.15, -0.1) is 0 Å². The zero-order valence-corrected chi connectivity index (χ0v) is 20.0. The summed E-state index contributed by atoms with van der Waals surface area (Å²) < 4.78 is 15.4. The molecule has 1 heterocycles. The highest BCUT2D eigenvalue weighted by atomic mass is 19.1. The Morgan fingerprint density at radius 1 is 1.11 bits per heavy atom. The number of aromatic nitrogens is 2. The van der Waals surface area contributed by atoms with E-state index < -0.39 is 0 Å². The molecule has 4 aromatic rings. The SMILES string of the molecule is CC[C@@]12CC(=Cc3ccccc3)C(=O)C[C@H]1CCCc1cc3c(cnn3-c3ccc(F)cc3)cc12. The highest BCUT2D eigenvalue weighted by Gasteiger charge is 2.47. The first-order valence-corrected chi connectivity index (χ1v) is 12.6. The molecule has 0 amide bonds. The first kappa shape index (κ1) is 22.0. The molecule has 0 unspecified atom stereocenters. The molecule has 0 bridgehead atoms. The van der Waals surface area contributed by atoms with Crippen molar-refractivity contribution in [2.45, 2.75) is 50.9 Å². The van der Waals surface area contributed by atoms with Gasteiger partial charge in [-0.1, -0.05) is 37.3 Å². The topological polar surface area (TPSA) is 34.9 Å². The van der Waals surface area contributed by atoms with E-state index in [4.69, 9.17) is 0 Å². The van der Waals surface area contributed by atoms with Gasteiger partial charge >= 0.3 is 0 Å². The zero-order chi connectivity index (χ0) is 24.0. The Labute approximate surface area is 205 Å². The lowest BCUT2D eigenvalue weighted by molar-refractivity contribution is -0.118. The van der Waals surface area contributed by atoms with E-state index in [9.17, 15) is 9.18 Å². The molecule has 176 valence electrons. The van der Waals surface area contributed by atoms with Crippen LogP contribution in [0.4, 0.5) is 4.39 Å². The van der Waals surface area contributed by atoms with Gasteiger partial charge < -0.3 is 0 Å². The van der Waals surface area contributed by atoms with Crippen molar-refractivity contribution in [3.05, 3.63) is 101 Å². The molecule has 1 fully saturated rings. The van der Waals surface area contributed by atoms with Gasteiger partial charge in [0.2, 0.25) is 0 Å². The van der Waals surface area contributed by atoms with Crippen molar-refractivity contribution in [2.75, 3.05) is 0 Å². The maximum atomic E-state index is 13.5. The molecular weight excluding hydrogens is 435 g/mol. The van der Waals surface area contributed by atoms with Crippen LogP contribution >= 0.6 is 0 Å². The molecule has 1 saturated carbocycles. The van der Waals surface area contributed by atoms with Crippen LogP contribution in [0.25, 0.3) is 22.7 Å². The second-order valence-electron chi connectivity index (χ2n) is 10.1. The molecule has 0 saturated heterocycles. The monoisotopic (exact) mass is 464 g/mol. The number of aryl methyl sites for hydroxylation is 1. The summed E-state index contributed by atoms with van der Waals surface area (Å²) in [6.07, 6.45) is 9.59. The molecule has 6 rings (SSSR count). The summed E-state index contributed by atoms with van der Waals surface area (Å²) in [6, 6.07) is 21.3. The molecule has 4 heteroatoms. The Hall–Kier alpha value is -3.53. The first-order valence-electron chi connectivity index (χ1n) is 12.6. The van der Waals surface area contributed by atoms with Crippen molar-refractivity contribution in [1.29, 1.82) is 0 Å². The minimum Gasteiger partial charge on any atom is -0.295 e. The van der Waals surface area contributed by atoms with Crippen molar-refractivity contribution < 1.29 is 9.18 Å². The van der Waals surface area contributed by atoms with Gasteiger partial charge in [0.1, 0.15) is 5.82 Å². The summed E-state index contributed by atoms with van der Waals surface area (Å²) in [5.41, 5.74) is 6.64. The van der Waals surface area contributed by atoms with Crippen molar-refractivity contribution >= 4 is 22.8 Å². The van der Waals surface area contributed by atoms with E-state index >= 15 is 0 Å². The van der Waals surface area contributed by atoms with Gasteiger partial charge in [0.05, 0.1) is 17.4 Å². The molecule has 2 aliphatic carbocycles. The maximum absolute atomic E-state index is 13.5. The van der Waals surface area contributed by atoms with Crippen LogP contribution in [0.3, 0.4) is 0 Å². The summed E-state index contributed by atoms with van der Waals surface area (Å²) in [5, 5.41) is 5.74. The summed E-state index contributed by atoms with van der Waals surface area (Å²) in [7, 11) is 0. The lowest BCUT2D eigenvalue weighted by Gasteiger charge is -2.44. The number of rotatable bonds is 3. The molecular formula is C31H29FN2O. The average molecular weight is 465 g/mol. The van der Waals surface area contributed by atoms with Crippen molar-refractivity contribution in [2.24, 2.45) is 5.92 Å². The third-order valence-electron chi connectivity index (χ3n) is 8.25. The molecule has 0 N–H and O–H groups in total. The number of carbonyl (C=O) groups is 1. The van der Waals surface area contributed by atoms with Crippen LogP contribution in [0.5, 0.6) is 0 Å². The summed E-state index contributed by atoms with van der Waals surface area (Å²) in [4.78, 5) is 13.2. The van der Waals surface area contributed by atoms with Gasteiger partial charge in [-0.3, -0.25) is 4.79 Å². The van der Waals surface area contributed by atoms with Gasteiger partial charge in [0.25, 0.3) is 0 Å². The van der Waals surface area contributed by atoms with Gasteiger partial charge in [-0.25, -0.2) is 9.07 Å². The van der Waals surface area contributed by atoms with Crippen molar-refractivity contribution in [1.82, 2.24) is 9.78 Å². The fourth-order valence-electron chi connectivity index (χ4n) is 6.43. The number of fused-ring (bicyclic) bond motifs is 4. The third-order valence-corrected chi connectivity index (χ3v) is 8.25. The number of hydrogen-bond acceptors (Lipinski definition) is 2. The fourth-order valence-corrected chi connectivity index (χ4v) is 6.43. The minimum atomic E-state index is -0.249. The second-order valence-corrected chi connectivity index (χ2v) is 10.1. The molecule has 0 spiro atoms. The molecule has 1 aromatic heterocycles. The van der Waals surface area contributed by atoms with E-state index in [2.05, 4.69) is 42.4 Å². The summed E-state index contributed by atoms with van der Waals surface area (Å²) >= 11 is 0. The number of Topliss-reactive ketones (excluding diaryl/α,β-unsaturated/α-hetero) is 1. The van der Waals surface area contributed by atoms with Crippen molar-refractivity contribution in [3.8, 4) is 5.69 Å². The Kier molecular flexibility index (Phi) is 5.40. The smallest absolute Gasteiger partial charge is 0.159 e. The predicted molar refractivity (Wildman–Crippen MR) is 138 cm³/mol. The number of benzene rings is 3. The first-order chi connectivity index (χ1) is 17.1. The van der Waals surface area contributed by atoms with E-state index in [1.807, 2.05) is 29.1 Å². The second kappa shape index (κ2) is 8.60. The molecule has 3 nitrogen and oxygen atoms in total. The summed E-state index contributed by atoms with van der Waals surface area (Å²) in [6.45, 7) is 2.28. The van der Waals surface area contributed by atoms with Crippen LogP contribution in [-0.4, -0.2) is 15.6 Å². The Morgan fingerprint density at radius 3 is 2.69 bits per heavy atom. The quantitative estimate of drug-likeness (QED) is 0.300. The van der Waals surface area contributed by atoms with Crippen LogP contribution in [0, 0.1) is 11.7 Å². The molecule has 2 atom stereocenters. The van der Waals surface area contributed by atoms with Crippen LogP contribution in [0.15, 0.2) is 78.5 Å². The lowest BCUT2D eigenvalue weighted by Crippen LogP contribution is -2.41. The van der Waals surface area contributed by atoms with Crippen molar-refractivity contribution in [3.63, 3.8) is 0 Å². The average Bonchev–Trinajstić information content (AvgIpc) is 3.22. The highest BCUT2D eigenvalue weighted by molar-refractivity contribution is 6.01. The molecule has 3 aromatic carbocycles. The summed E-state index contributed by atoms with van der Waals surface area (Å²) in [5.74, 6) is 0.413. The van der Waals surface area contributed by atoms with E-state index in [1.54, 1.807) is 12.1 Å². The van der Waals surface area contributed by atoms with Gasteiger partial charge in [-0.05, 0) is 103 Å². The van der Waals surface area contributed by atoms with E-state index in [0.717, 1.165) is 59.8 Å². The molecule has 0 radical (unpaired) electrons. The lowest BCUT2D eigenvalue weighted by atomic mass is 9.58. The third kappa shape index (κ3) is 3.72. The van der Waals surface area contributed by atoms with E-state index in [-0.39, 0.29) is 11.2 Å². The number of hydrogen-bond donors (Lipinski definition) is 0. The van der Waals surface area contributed by atoms with E-state index in [1.165, 1.54) is 23.3 Å². The zero-order valence-electron chi connectivity index (χ0n) is 20.0. The van der Waals surface area contributed by atoms with Crippen LogP contribution in [-0.2, 0) is 16.6 Å². The molecule has 0 aliphatic heterocycles. The van der Waals surface area contributed by atoms with Crippen LogP contribution in [0.2, 0.25) is 0 Å². The fraction of sp³-hybridized carbons (Fsp3) is 0.290. The van der Waals surface area contributed by atoms with Gasteiger partial charge in [0, 0.05) is 17.2 Å². The normalized spacial score (nSPS) is 23.2. The number of allylic oxidation sites excluding steroid dienone is 1. The number of nitrogens with zero attached hydrogens (tertiary/aromatic N) is 2. The highest BCUT2D eigenvalue weighted by Crippen LogP contribution is 2.52. The largest absolute Gasteiger partial charge is 0.295 e. The van der Waals surface area contributed by atoms with Crippen LogP contribution in [0.1, 0.15) is 55.7 Å². The Bertz CT molecular complexity index is 1430. The van der Waals surface area contributed by atoms with Crippen LogP contribution < -0.4 is 0 Å². The molecule has 2 aliphatic rings. The number of ketones is 1. The number of carbonyl (C=O) groups excluding carboxylic acids is 1. The van der Waals surface area contributed by atoms with Gasteiger partial charge in [-0.2, -0.15) is 5.10 Å². The number of halogens is 1. The standard InChI is InChI=1S/C31H29FN2O/c1-2-31-19-23(15-21-7-4-3-5-8-21)30(35)18-25(31)10-6-9-22-17-29-24(16-28(22)31)20-33-34(29)27-13-11-26(32)12-14-27/h3-5,7-8,11-17,20,25H,2,6,9-10,18-19H2,1H3/t25-,31-/m1/s1. The van der Waals surface area contributed by atoms with Gasteiger partial charge in [0.15, 0.2) is 5.78 Å².